The largest absolute Gasteiger partial charge is 0.328 e. The van der Waals surface area contributed by atoms with Crippen LogP contribution >= 0.6 is 0 Å². The molecule has 0 bridgehead atoms. The number of urea groups is 1. The molecule has 0 saturated carbocycles. The molecule has 1 saturated heterocycles. The SMILES string of the molecule is C=CCC1(C(C)CCC)C(=O)NC(=O)NC1=O.[Na]. The van der Waals surface area contributed by atoms with Crippen LogP contribution in [0, 0.1) is 11.3 Å². The number of imide groups is 2. The van der Waals surface area contributed by atoms with Crippen molar-refractivity contribution in [3.05, 3.63) is 12.7 Å². The van der Waals surface area contributed by atoms with Gasteiger partial charge >= 0.3 is 6.03 Å². The molecule has 5 nitrogen and oxygen atoms in total. The van der Waals surface area contributed by atoms with Gasteiger partial charge in [0, 0.05) is 29.6 Å². The van der Waals surface area contributed by atoms with Gasteiger partial charge in [-0.05, 0) is 18.8 Å². The molecule has 1 radical (unpaired) electrons. The normalized spacial score (nSPS) is 19.3. The van der Waals surface area contributed by atoms with Crippen LogP contribution in [0.4, 0.5) is 4.79 Å². The summed E-state index contributed by atoms with van der Waals surface area (Å²) in [6.07, 6.45) is 3.39. The average Bonchev–Trinajstić information content (AvgIpc) is 2.23. The van der Waals surface area contributed by atoms with E-state index in [1.54, 1.807) is 6.08 Å². The Labute approximate surface area is 129 Å². The van der Waals surface area contributed by atoms with Crippen molar-refractivity contribution in [1.29, 1.82) is 0 Å². The minimum Gasteiger partial charge on any atom is -0.277 e. The Morgan fingerprint density at radius 2 is 1.78 bits per heavy atom. The molecule has 18 heavy (non-hydrogen) atoms. The first-order valence-electron chi connectivity index (χ1n) is 5.76. The predicted molar refractivity (Wildman–Crippen MR) is 68.8 cm³/mol. The second-order valence-electron chi connectivity index (χ2n) is 4.39. The molecule has 0 aromatic rings. The Kier molecular flexibility index (Phi) is 6.81. The fourth-order valence-electron chi connectivity index (χ4n) is 2.30. The van der Waals surface area contributed by atoms with Crippen LogP contribution in [0.1, 0.15) is 33.1 Å². The molecule has 0 aliphatic carbocycles. The smallest absolute Gasteiger partial charge is 0.277 e. The Morgan fingerprint density at radius 3 is 2.17 bits per heavy atom. The summed E-state index contributed by atoms with van der Waals surface area (Å²) in [5.41, 5.74) is -1.20. The average molecular weight is 261 g/mol. The number of amides is 4. The van der Waals surface area contributed by atoms with Gasteiger partial charge in [0.1, 0.15) is 5.41 Å². The maximum absolute atomic E-state index is 12.0. The maximum Gasteiger partial charge on any atom is 0.328 e. The van der Waals surface area contributed by atoms with Crippen LogP contribution in [0.5, 0.6) is 0 Å². The predicted octanol–water partition coefficient (Wildman–Crippen LogP) is 0.970. The molecule has 1 heterocycles. The summed E-state index contributed by atoms with van der Waals surface area (Å²) in [6.45, 7) is 7.42. The van der Waals surface area contributed by atoms with Crippen molar-refractivity contribution in [1.82, 2.24) is 10.6 Å². The van der Waals surface area contributed by atoms with E-state index in [0.29, 0.717) is 0 Å². The molecule has 6 heteroatoms. The van der Waals surface area contributed by atoms with Gasteiger partial charge < -0.3 is 0 Å². The van der Waals surface area contributed by atoms with E-state index in [4.69, 9.17) is 0 Å². The first-order valence-corrected chi connectivity index (χ1v) is 5.76. The van der Waals surface area contributed by atoms with Crippen LogP contribution in [-0.2, 0) is 9.59 Å². The van der Waals surface area contributed by atoms with Gasteiger partial charge in [-0.3, -0.25) is 20.2 Å². The zero-order chi connectivity index (χ0) is 13.1. The summed E-state index contributed by atoms with van der Waals surface area (Å²) in [5, 5.41) is 4.33. The molecular weight excluding hydrogens is 243 g/mol. The van der Waals surface area contributed by atoms with E-state index in [2.05, 4.69) is 17.2 Å². The van der Waals surface area contributed by atoms with Gasteiger partial charge in [-0.15, -0.1) is 6.58 Å². The molecule has 1 rings (SSSR count). The van der Waals surface area contributed by atoms with E-state index in [9.17, 15) is 14.4 Å². The molecule has 95 valence electrons. The van der Waals surface area contributed by atoms with Crippen molar-refractivity contribution < 1.29 is 14.4 Å². The van der Waals surface area contributed by atoms with Gasteiger partial charge in [0.2, 0.25) is 11.8 Å². The van der Waals surface area contributed by atoms with Crippen LogP contribution in [0.2, 0.25) is 0 Å². The number of nitrogens with one attached hydrogen (secondary N) is 2. The summed E-state index contributed by atoms with van der Waals surface area (Å²) < 4.78 is 0. The zero-order valence-corrected chi connectivity index (χ0v) is 13.2. The van der Waals surface area contributed by atoms with Crippen molar-refractivity contribution in [2.24, 2.45) is 11.3 Å². The van der Waals surface area contributed by atoms with Crippen molar-refractivity contribution in [2.45, 2.75) is 33.1 Å². The quantitative estimate of drug-likeness (QED) is 0.440. The fourth-order valence-corrected chi connectivity index (χ4v) is 2.30. The number of hydrogen-bond donors (Lipinski definition) is 2. The molecule has 0 aromatic carbocycles. The van der Waals surface area contributed by atoms with Crippen LogP contribution < -0.4 is 10.6 Å². The van der Waals surface area contributed by atoms with Gasteiger partial charge in [0.25, 0.3) is 0 Å². The van der Waals surface area contributed by atoms with E-state index in [-0.39, 0.29) is 41.9 Å². The second-order valence-corrected chi connectivity index (χ2v) is 4.39. The first kappa shape index (κ1) is 17.4. The van der Waals surface area contributed by atoms with E-state index in [0.717, 1.165) is 12.8 Å². The van der Waals surface area contributed by atoms with E-state index in [1.807, 2.05) is 13.8 Å². The summed E-state index contributed by atoms with van der Waals surface area (Å²) in [4.78, 5) is 35.1. The molecule has 1 fully saturated rings. The minimum absolute atomic E-state index is 0. The standard InChI is InChI=1S/C12H18N2O3.Na/c1-4-6-8(3)12(7-5-2)9(15)13-11(17)14-10(12)16;/h5,8H,2,4,6-7H2,1,3H3,(H2,13,14,15,16,17);. The van der Waals surface area contributed by atoms with Crippen molar-refractivity contribution in [3.63, 3.8) is 0 Å². The summed E-state index contributed by atoms with van der Waals surface area (Å²) in [5.74, 6) is -1.18. The Morgan fingerprint density at radius 1 is 1.28 bits per heavy atom. The number of carbonyl (C=O) groups excluding carboxylic acids is 3. The Balaban J connectivity index is 0.00000289. The topological polar surface area (TPSA) is 75.3 Å². The molecule has 1 aliphatic rings. The van der Waals surface area contributed by atoms with Gasteiger partial charge in [-0.1, -0.05) is 26.3 Å². The van der Waals surface area contributed by atoms with Crippen LogP contribution in [0.15, 0.2) is 12.7 Å². The summed E-state index contributed by atoms with van der Waals surface area (Å²) in [6, 6.07) is -0.747. The summed E-state index contributed by atoms with van der Waals surface area (Å²) in [7, 11) is 0. The number of rotatable bonds is 5. The van der Waals surface area contributed by atoms with E-state index in [1.165, 1.54) is 0 Å². The number of carbonyl (C=O) groups is 3. The van der Waals surface area contributed by atoms with Gasteiger partial charge in [0.15, 0.2) is 0 Å². The molecule has 0 aromatic heterocycles. The zero-order valence-electron chi connectivity index (χ0n) is 11.2. The van der Waals surface area contributed by atoms with Crippen LogP contribution in [0.3, 0.4) is 0 Å². The van der Waals surface area contributed by atoms with Crippen LogP contribution in [0.25, 0.3) is 0 Å². The third-order valence-corrected chi connectivity index (χ3v) is 3.29. The monoisotopic (exact) mass is 261 g/mol. The van der Waals surface area contributed by atoms with Gasteiger partial charge in [-0.25, -0.2) is 4.79 Å². The maximum atomic E-state index is 12.0. The molecule has 1 aliphatic heterocycles. The molecular formula is C12H18N2NaO3. The van der Waals surface area contributed by atoms with E-state index >= 15 is 0 Å². The van der Waals surface area contributed by atoms with E-state index < -0.39 is 23.3 Å². The Bertz CT molecular complexity index is 348. The minimum atomic E-state index is -1.20. The van der Waals surface area contributed by atoms with Crippen molar-refractivity contribution in [2.75, 3.05) is 0 Å². The molecule has 2 N–H and O–H groups in total. The van der Waals surface area contributed by atoms with Crippen LogP contribution in [-0.4, -0.2) is 47.4 Å². The summed E-state index contributed by atoms with van der Waals surface area (Å²) >= 11 is 0. The fraction of sp³-hybridized carbons (Fsp3) is 0.583. The third kappa shape index (κ3) is 3.02. The Hall–Kier alpha value is -0.650. The molecule has 4 amide bonds. The van der Waals surface area contributed by atoms with Crippen molar-refractivity contribution >= 4 is 47.4 Å². The van der Waals surface area contributed by atoms with Crippen molar-refractivity contribution in [3.8, 4) is 0 Å². The van der Waals surface area contributed by atoms with Gasteiger partial charge in [0.05, 0.1) is 0 Å². The molecule has 1 atom stereocenters. The number of barbiturate groups is 1. The number of allylic oxidation sites excluding steroid dienone is 1. The first-order chi connectivity index (χ1) is 7.98. The van der Waals surface area contributed by atoms with Gasteiger partial charge in [-0.2, -0.15) is 0 Å². The third-order valence-electron chi connectivity index (χ3n) is 3.29. The number of hydrogen-bond acceptors (Lipinski definition) is 3. The second kappa shape index (κ2) is 7.07. The molecule has 1 unspecified atom stereocenters. The molecule has 0 spiro atoms.